The summed E-state index contributed by atoms with van der Waals surface area (Å²) in [5, 5.41) is 11.6. The monoisotopic (exact) mass is 496 g/mol. The van der Waals surface area contributed by atoms with Gasteiger partial charge < -0.3 is 19.6 Å². The lowest BCUT2D eigenvalue weighted by molar-refractivity contribution is -0.142. The van der Waals surface area contributed by atoms with Crippen molar-refractivity contribution in [2.45, 2.75) is 77.4 Å². The molecule has 1 aliphatic rings. The maximum Gasteiger partial charge on any atom is 0.410 e. The lowest BCUT2D eigenvalue weighted by Gasteiger charge is -2.41. The molecule has 6 nitrogen and oxygen atoms in total. The molecular formula is C24H37BrN2O4. The predicted molar refractivity (Wildman–Crippen MR) is 126 cm³/mol. The first-order chi connectivity index (χ1) is 14.5. The minimum atomic E-state index is -1.11. The summed E-state index contributed by atoms with van der Waals surface area (Å²) in [4.78, 5) is 29.5. The first-order valence-electron chi connectivity index (χ1n) is 11.2. The second kappa shape index (κ2) is 10.8. The van der Waals surface area contributed by atoms with E-state index in [9.17, 15) is 14.7 Å². The molecule has 1 aliphatic heterocycles. The van der Waals surface area contributed by atoms with E-state index in [0.29, 0.717) is 39.0 Å². The molecule has 1 aromatic carbocycles. The van der Waals surface area contributed by atoms with Crippen LogP contribution in [0.5, 0.6) is 0 Å². The van der Waals surface area contributed by atoms with Crippen LogP contribution in [0, 0.1) is 0 Å². The average Bonchev–Trinajstić information content (AvgIpc) is 2.67. The maximum absolute atomic E-state index is 13.7. The lowest BCUT2D eigenvalue weighted by atomic mass is 9.75. The summed E-state index contributed by atoms with van der Waals surface area (Å²) in [6.45, 7) is 11.3. The van der Waals surface area contributed by atoms with Gasteiger partial charge in [0.1, 0.15) is 5.60 Å². The number of rotatable bonds is 7. The van der Waals surface area contributed by atoms with Crippen LogP contribution in [0.15, 0.2) is 28.7 Å². The van der Waals surface area contributed by atoms with E-state index in [2.05, 4.69) is 15.9 Å². The first-order valence-corrected chi connectivity index (χ1v) is 12.0. The van der Waals surface area contributed by atoms with Crippen LogP contribution in [0.1, 0.15) is 71.8 Å². The number of ether oxygens (including phenoxy) is 1. The minimum absolute atomic E-state index is 0.0775. The van der Waals surface area contributed by atoms with Crippen molar-refractivity contribution in [3.8, 4) is 0 Å². The van der Waals surface area contributed by atoms with Crippen LogP contribution in [0.4, 0.5) is 4.79 Å². The van der Waals surface area contributed by atoms with Gasteiger partial charge in [0.15, 0.2) is 0 Å². The van der Waals surface area contributed by atoms with Crippen LogP contribution in [-0.2, 0) is 9.53 Å². The third-order valence-electron chi connectivity index (χ3n) is 5.58. The fourth-order valence-corrected chi connectivity index (χ4v) is 4.68. The second-order valence-electron chi connectivity index (χ2n) is 9.38. The van der Waals surface area contributed by atoms with E-state index in [1.165, 1.54) is 0 Å². The highest BCUT2D eigenvalue weighted by Gasteiger charge is 2.43. The Morgan fingerprint density at radius 1 is 1.06 bits per heavy atom. The molecule has 1 N–H and O–H groups in total. The molecule has 0 aromatic heterocycles. The second-order valence-corrected chi connectivity index (χ2v) is 10.3. The van der Waals surface area contributed by atoms with E-state index < -0.39 is 17.1 Å². The molecule has 31 heavy (non-hydrogen) atoms. The number of piperazine rings is 1. The molecule has 1 heterocycles. The number of hydrogen-bond acceptors (Lipinski definition) is 4. The minimum Gasteiger partial charge on any atom is -0.444 e. The van der Waals surface area contributed by atoms with Crippen molar-refractivity contribution in [2.75, 3.05) is 26.2 Å². The highest BCUT2D eigenvalue weighted by atomic mass is 79.9. The maximum atomic E-state index is 13.7. The summed E-state index contributed by atoms with van der Waals surface area (Å²) < 4.78 is 6.34. The normalized spacial score (nSPS) is 16.2. The average molecular weight is 497 g/mol. The summed E-state index contributed by atoms with van der Waals surface area (Å²) >= 11 is 3.50. The largest absolute Gasteiger partial charge is 0.444 e. The van der Waals surface area contributed by atoms with E-state index in [4.69, 9.17) is 4.74 Å². The smallest absolute Gasteiger partial charge is 0.410 e. The number of carbonyl (C=O) groups is 2. The molecular weight excluding hydrogens is 460 g/mol. The Kier molecular flexibility index (Phi) is 8.95. The van der Waals surface area contributed by atoms with Crippen LogP contribution in [0.25, 0.3) is 0 Å². The van der Waals surface area contributed by atoms with Crippen LogP contribution in [-0.4, -0.2) is 64.3 Å². The Bertz CT molecular complexity index is 748. The molecule has 0 spiro atoms. The number of amides is 2. The van der Waals surface area contributed by atoms with Crippen molar-refractivity contribution < 1.29 is 19.4 Å². The molecule has 1 unspecified atom stereocenters. The molecule has 174 valence electrons. The van der Waals surface area contributed by atoms with E-state index in [1.54, 1.807) is 9.80 Å². The van der Waals surface area contributed by atoms with Gasteiger partial charge in [-0.1, -0.05) is 54.8 Å². The van der Waals surface area contributed by atoms with Gasteiger partial charge in [-0.3, -0.25) is 4.79 Å². The van der Waals surface area contributed by atoms with Gasteiger partial charge in [0, 0.05) is 30.7 Å². The van der Waals surface area contributed by atoms with Crippen molar-refractivity contribution in [3.63, 3.8) is 0 Å². The van der Waals surface area contributed by atoms with Gasteiger partial charge in [-0.05, 0) is 51.3 Å². The zero-order valence-corrected chi connectivity index (χ0v) is 21.1. The molecule has 2 amide bonds. The Hall–Kier alpha value is -1.60. The summed E-state index contributed by atoms with van der Waals surface area (Å²) in [5.41, 5.74) is -0.839. The van der Waals surface area contributed by atoms with Gasteiger partial charge in [0.05, 0.1) is 11.5 Å². The third kappa shape index (κ3) is 6.94. The molecule has 7 heteroatoms. The number of hydrogen-bond donors (Lipinski definition) is 1. The Balaban J connectivity index is 2.23. The third-order valence-corrected chi connectivity index (χ3v) is 6.07. The summed E-state index contributed by atoms with van der Waals surface area (Å²) in [6, 6.07) is 7.66. The molecule has 0 radical (unpaired) electrons. The van der Waals surface area contributed by atoms with Crippen molar-refractivity contribution >= 4 is 27.9 Å². The molecule has 0 saturated carbocycles. The van der Waals surface area contributed by atoms with Gasteiger partial charge in [-0.2, -0.15) is 0 Å². The quantitative estimate of drug-likeness (QED) is 0.579. The fraction of sp³-hybridized carbons (Fsp3) is 0.667. The van der Waals surface area contributed by atoms with Gasteiger partial charge in [0.25, 0.3) is 0 Å². The van der Waals surface area contributed by atoms with Crippen molar-refractivity contribution in [2.24, 2.45) is 0 Å². The van der Waals surface area contributed by atoms with Gasteiger partial charge in [-0.15, -0.1) is 0 Å². The van der Waals surface area contributed by atoms with E-state index in [1.807, 2.05) is 58.9 Å². The topological polar surface area (TPSA) is 70.1 Å². The summed E-state index contributed by atoms with van der Waals surface area (Å²) in [7, 11) is 0. The molecule has 2 rings (SSSR count). The molecule has 1 atom stereocenters. The number of benzene rings is 1. The SMILES string of the molecule is CCCC(O)(CCC)C(C(=O)N1CCN(C(=O)OC(C)(C)C)CC1)c1cccc(Br)c1. The van der Waals surface area contributed by atoms with Crippen molar-refractivity contribution in [3.05, 3.63) is 34.3 Å². The van der Waals surface area contributed by atoms with Crippen molar-refractivity contribution in [1.29, 1.82) is 0 Å². The van der Waals surface area contributed by atoms with Crippen LogP contribution in [0.2, 0.25) is 0 Å². The summed E-state index contributed by atoms with van der Waals surface area (Å²) in [6.07, 6.45) is 2.35. The molecule has 1 fully saturated rings. The summed E-state index contributed by atoms with van der Waals surface area (Å²) in [5.74, 6) is -0.718. The lowest BCUT2D eigenvalue weighted by Crippen LogP contribution is -2.55. The first kappa shape index (κ1) is 25.7. The van der Waals surface area contributed by atoms with Crippen LogP contribution in [0.3, 0.4) is 0 Å². The Morgan fingerprint density at radius 2 is 1.61 bits per heavy atom. The number of carbonyl (C=O) groups excluding carboxylic acids is 2. The van der Waals surface area contributed by atoms with E-state index >= 15 is 0 Å². The zero-order valence-electron chi connectivity index (χ0n) is 19.5. The number of halogens is 1. The number of aliphatic hydroxyl groups is 1. The van der Waals surface area contributed by atoms with Gasteiger partial charge >= 0.3 is 6.09 Å². The standard InChI is InChI=1S/C24H37BrN2O4/c1-6-11-24(30,12-7-2)20(18-9-8-10-19(25)17-18)21(28)26-13-15-27(16-14-26)22(29)31-23(3,4)5/h8-10,17,20,30H,6-7,11-16H2,1-5H3. The van der Waals surface area contributed by atoms with E-state index in [0.717, 1.165) is 22.9 Å². The Labute approximate surface area is 195 Å². The van der Waals surface area contributed by atoms with Crippen LogP contribution < -0.4 is 0 Å². The highest BCUT2D eigenvalue weighted by molar-refractivity contribution is 9.10. The van der Waals surface area contributed by atoms with Crippen molar-refractivity contribution in [1.82, 2.24) is 9.80 Å². The predicted octanol–water partition coefficient (Wildman–Crippen LogP) is 4.94. The van der Waals surface area contributed by atoms with E-state index in [-0.39, 0.29) is 12.0 Å². The molecule has 0 bridgehead atoms. The Morgan fingerprint density at radius 3 is 2.10 bits per heavy atom. The highest BCUT2D eigenvalue weighted by Crippen LogP contribution is 2.38. The van der Waals surface area contributed by atoms with Crippen LogP contribution >= 0.6 is 15.9 Å². The zero-order chi connectivity index (χ0) is 23.2. The molecule has 0 aliphatic carbocycles. The molecule has 1 aromatic rings. The molecule has 1 saturated heterocycles. The number of nitrogens with zero attached hydrogens (tertiary/aromatic N) is 2. The van der Waals surface area contributed by atoms with Gasteiger partial charge in [-0.25, -0.2) is 4.79 Å². The fourth-order valence-electron chi connectivity index (χ4n) is 4.27. The van der Waals surface area contributed by atoms with Gasteiger partial charge in [0.2, 0.25) is 5.91 Å².